The number of carbonyl (C=O) groups excluding carboxylic acids is 1. The highest BCUT2D eigenvalue weighted by atomic mass is 79.9. The van der Waals surface area contributed by atoms with E-state index < -0.39 is 0 Å². The second kappa shape index (κ2) is 13.9. The molecule has 0 spiro atoms. The SMILES string of the molecule is C/C=C(\C(=O)N(CCCC)c1ccc2nc(Nc3ccc(OCc4ccccn4)c(Br)c3)sc2c1)N1CCOCC1. The lowest BCUT2D eigenvalue weighted by atomic mass is 10.2. The third-order valence-corrected chi connectivity index (χ3v) is 8.35. The number of unbranched alkanes of at least 4 members (excludes halogenated alkanes) is 1. The molecule has 0 atom stereocenters. The Hall–Kier alpha value is -3.47. The molecule has 0 saturated carbocycles. The minimum atomic E-state index is 0.0280. The number of benzene rings is 2. The molecule has 5 rings (SSSR count). The van der Waals surface area contributed by atoms with Crippen LogP contribution in [-0.4, -0.2) is 53.6 Å². The summed E-state index contributed by atoms with van der Waals surface area (Å²) >= 11 is 5.18. The van der Waals surface area contributed by atoms with Crippen molar-refractivity contribution in [2.75, 3.05) is 43.1 Å². The Morgan fingerprint density at radius 2 is 2.05 bits per heavy atom. The number of morpholine rings is 1. The van der Waals surface area contributed by atoms with Gasteiger partial charge in [-0.3, -0.25) is 9.78 Å². The number of pyridine rings is 1. The number of thiazole rings is 1. The first-order valence-electron chi connectivity index (χ1n) is 13.9. The van der Waals surface area contributed by atoms with Crippen molar-refractivity contribution in [2.45, 2.75) is 33.3 Å². The number of aromatic nitrogens is 2. The molecule has 1 N–H and O–H groups in total. The second-order valence-corrected chi connectivity index (χ2v) is 11.5. The van der Waals surface area contributed by atoms with E-state index in [-0.39, 0.29) is 5.91 Å². The van der Waals surface area contributed by atoms with Crippen LogP contribution < -0.4 is 15.0 Å². The third-order valence-electron chi connectivity index (χ3n) is 6.79. The summed E-state index contributed by atoms with van der Waals surface area (Å²) in [5.41, 5.74) is 4.26. The Labute approximate surface area is 253 Å². The van der Waals surface area contributed by atoms with Crippen LogP contribution in [0.1, 0.15) is 32.4 Å². The molecule has 0 aliphatic carbocycles. The van der Waals surface area contributed by atoms with Gasteiger partial charge in [0.1, 0.15) is 12.4 Å². The highest BCUT2D eigenvalue weighted by molar-refractivity contribution is 9.10. The Balaban J connectivity index is 1.31. The Bertz CT molecular complexity index is 1500. The number of nitrogens with one attached hydrogen (secondary N) is 1. The molecule has 0 bridgehead atoms. The number of rotatable bonds is 11. The number of carbonyl (C=O) groups is 1. The largest absolute Gasteiger partial charge is 0.486 e. The number of anilines is 3. The van der Waals surface area contributed by atoms with Crippen LogP contribution in [0.3, 0.4) is 0 Å². The smallest absolute Gasteiger partial charge is 0.274 e. The van der Waals surface area contributed by atoms with Gasteiger partial charge in [0.15, 0.2) is 5.13 Å². The van der Waals surface area contributed by atoms with Crippen LogP contribution in [0.15, 0.2) is 77.0 Å². The fourth-order valence-electron chi connectivity index (χ4n) is 4.64. The highest BCUT2D eigenvalue weighted by Gasteiger charge is 2.25. The Morgan fingerprint density at radius 1 is 1.20 bits per heavy atom. The normalized spacial score (nSPS) is 13.8. The minimum Gasteiger partial charge on any atom is -0.486 e. The highest BCUT2D eigenvalue weighted by Crippen LogP contribution is 2.34. The molecule has 3 heterocycles. The van der Waals surface area contributed by atoms with Gasteiger partial charge < -0.3 is 24.6 Å². The zero-order valence-corrected chi connectivity index (χ0v) is 25.7. The summed E-state index contributed by atoms with van der Waals surface area (Å²) in [6.45, 7) is 7.86. The topological polar surface area (TPSA) is 79.8 Å². The van der Waals surface area contributed by atoms with Crippen molar-refractivity contribution >= 4 is 59.9 Å². The molecule has 8 nitrogen and oxygen atoms in total. The number of hydrogen-bond donors (Lipinski definition) is 1. The molecule has 1 saturated heterocycles. The molecule has 1 fully saturated rings. The van der Waals surface area contributed by atoms with Crippen LogP contribution in [0.25, 0.3) is 10.2 Å². The first-order valence-corrected chi connectivity index (χ1v) is 15.5. The van der Waals surface area contributed by atoms with Crippen molar-refractivity contribution in [3.05, 3.63) is 82.7 Å². The molecule has 41 heavy (non-hydrogen) atoms. The monoisotopic (exact) mass is 635 g/mol. The van der Waals surface area contributed by atoms with Gasteiger partial charge in [-0.15, -0.1) is 0 Å². The van der Waals surface area contributed by atoms with Gasteiger partial charge in [0.2, 0.25) is 0 Å². The zero-order chi connectivity index (χ0) is 28.6. The average Bonchev–Trinajstić information content (AvgIpc) is 3.40. The molecule has 1 aliphatic rings. The van der Waals surface area contributed by atoms with Gasteiger partial charge in [0, 0.05) is 37.2 Å². The van der Waals surface area contributed by atoms with Crippen LogP contribution >= 0.6 is 27.3 Å². The van der Waals surface area contributed by atoms with E-state index >= 15 is 0 Å². The first-order chi connectivity index (χ1) is 20.1. The molecule has 2 aromatic heterocycles. The lowest BCUT2D eigenvalue weighted by Gasteiger charge is -2.33. The lowest BCUT2D eigenvalue weighted by Crippen LogP contribution is -2.43. The van der Waals surface area contributed by atoms with Gasteiger partial charge in [-0.05, 0) is 77.8 Å². The molecule has 214 valence electrons. The van der Waals surface area contributed by atoms with Crippen LogP contribution in [0.5, 0.6) is 5.75 Å². The van der Waals surface area contributed by atoms with Crippen LogP contribution in [0.4, 0.5) is 16.5 Å². The van der Waals surface area contributed by atoms with Gasteiger partial charge >= 0.3 is 0 Å². The summed E-state index contributed by atoms with van der Waals surface area (Å²) in [5.74, 6) is 0.768. The summed E-state index contributed by atoms with van der Waals surface area (Å²) in [7, 11) is 0. The van der Waals surface area contributed by atoms with Gasteiger partial charge in [0.25, 0.3) is 5.91 Å². The third kappa shape index (κ3) is 7.25. The number of amides is 1. The number of ether oxygens (including phenoxy) is 2. The van der Waals surface area contributed by atoms with Crippen molar-refractivity contribution in [1.29, 1.82) is 0 Å². The number of nitrogens with zero attached hydrogens (tertiary/aromatic N) is 4. The molecule has 1 amide bonds. The van der Waals surface area contributed by atoms with Gasteiger partial charge in [-0.25, -0.2) is 4.98 Å². The molecule has 10 heteroatoms. The average molecular weight is 637 g/mol. The lowest BCUT2D eigenvalue weighted by molar-refractivity contribution is -0.117. The van der Waals surface area contributed by atoms with Crippen molar-refractivity contribution in [1.82, 2.24) is 14.9 Å². The van der Waals surface area contributed by atoms with Gasteiger partial charge in [-0.1, -0.05) is 36.8 Å². The van der Waals surface area contributed by atoms with Crippen LogP contribution in [-0.2, 0) is 16.1 Å². The molecule has 4 aromatic rings. The van der Waals surface area contributed by atoms with Gasteiger partial charge in [-0.2, -0.15) is 0 Å². The quantitative estimate of drug-likeness (QED) is 0.175. The van der Waals surface area contributed by atoms with E-state index in [2.05, 4.69) is 44.1 Å². The number of halogens is 1. The van der Waals surface area contributed by atoms with E-state index in [1.165, 1.54) is 0 Å². The Kier molecular flexibility index (Phi) is 9.87. The van der Waals surface area contributed by atoms with Crippen molar-refractivity contribution in [2.24, 2.45) is 0 Å². The van der Waals surface area contributed by atoms with Crippen molar-refractivity contribution < 1.29 is 14.3 Å². The summed E-state index contributed by atoms with van der Waals surface area (Å²) in [4.78, 5) is 26.9. The first kappa shape index (κ1) is 29.0. The molecular weight excluding hydrogens is 602 g/mol. The predicted octanol–water partition coefficient (Wildman–Crippen LogP) is 7.15. The predicted molar refractivity (Wildman–Crippen MR) is 169 cm³/mol. The summed E-state index contributed by atoms with van der Waals surface area (Å²) < 4.78 is 13.3. The van der Waals surface area contributed by atoms with E-state index in [1.807, 2.05) is 66.4 Å². The molecule has 0 unspecified atom stereocenters. The van der Waals surface area contributed by atoms with E-state index in [0.29, 0.717) is 26.4 Å². The maximum absolute atomic E-state index is 13.8. The van der Waals surface area contributed by atoms with E-state index in [9.17, 15) is 4.79 Å². The number of allylic oxidation sites excluding steroid dienone is 1. The summed E-state index contributed by atoms with van der Waals surface area (Å²) in [6, 6.07) is 17.7. The fraction of sp³-hybridized carbons (Fsp3) is 0.323. The van der Waals surface area contributed by atoms with E-state index in [0.717, 1.165) is 74.3 Å². The maximum atomic E-state index is 13.8. The molecule has 0 radical (unpaired) electrons. The molecule has 2 aromatic carbocycles. The van der Waals surface area contributed by atoms with Crippen LogP contribution in [0, 0.1) is 0 Å². The van der Waals surface area contributed by atoms with Gasteiger partial charge in [0.05, 0.1) is 39.3 Å². The van der Waals surface area contributed by atoms with Crippen molar-refractivity contribution in [3.63, 3.8) is 0 Å². The zero-order valence-electron chi connectivity index (χ0n) is 23.3. The standard InChI is InChI=1S/C31H34BrN5O3S/c1-3-5-14-37(30(38)27(4-2)36-15-17-39-18-16-36)24-10-11-26-29(20-24)41-31(35-26)34-22-9-12-28(25(32)19-22)40-21-23-8-6-7-13-33-23/h4,6-13,19-20H,3,5,14-18,21H2,1-2H3,(H,34,35)/b27-4+. The number of fused-ring (bicyclic) bond motifs is 1. The maximum Gasteiger partial charge on any atom is 0.274 e. The second-order valence-electron chi connectivity index (χ2n) is 9.63. The van der Waals surface area contributed by atoms with E-state index in [1.54, 1.807) is 17.5 Å². The van der Waals surface area contributed by atoms with E-state index in [4.69, 9.17) is 14.5 Å². The summed E-state index contributed by atoms with van der Waals surface area (Å²) in [5, 5.41) is 4.19. The minimum absolute atomic E-state index is 0.0280. The van der Waals surface area contributed by atoms with Crippen molar-refractivity contribution in [3.8, 4) is 5.75 Å². The fourth-order valence-corrected chi connectivity index (χ4v) is 6.05. The number of hydrogen-bond acceptors (Lipinski definition) is 8. The van der Waals surface area contributed by atoms with Crippen LogP contribution in [0.2, 0.25) is 0 Å². The molecular formula is C31H34BrN5O3S. The molecule has 1 aliphatic heterocycles. The Morgan fingerprint density at radius 3 is 2.78 bits per heavy atom. The summed E-state index contributed by atoms with van der Waals surface area (Å²) in [6.07, 6.45) is 5.61.